The predicted octanol–water partition coefficient (Wildman–Crippen LogP) is 5.90. The molecule has 2 aliphatic rings. The number of benzene rings is 2. The molecule has 0 saturated heterocycles. The number of amides is 2. The van der Waals surface area contributed by atoms with Gasteiger partial charge < -0.3 is 24.8 Å². The number of aliphatic hydroxyl groups is 1. The summed E-state index contributed by atoms with van der Waals surface area (Å²) in [7, 11) is 4.80. The highest BCUT2D eigenvalue weighted by atomic mass is 19.4. The van der Waals surface area contributed by atoms with Gasteiger partial charge in [-0.2, -0.15) is 17.6 Å². The van der Waals surface area contributed by atoms with E-state index in [4.69, 9.17) is 9.47 Å². The molecule has 18 heteroatoms. The Hall–Kier alpha value is -4.81. The average Bonchev–Trinajstić information content (AvgIpc) is 3.07. The number of alkyl halides is 5. The van der Waals surface area contributed by atoms with Gasteiger partial charge in [0, 0.05) is 38.4 Å². The molecule has 2 heterocycles. The van der Waals surface area contributed by atoms with Crippen LogP contribution in [0.3, 0.4) is 0 Å². The van der Waals surface area contributed by atoms with Crippen LogP contribution in [0, 0.1) is 11.6 Å². The summed E-state index contributed by atoms with van der Waals surface area (Å²) in [6.07, 6.45) is -6.13. The van der Waals surface area contributed by atoms with Crippen LogP contribution >= 0.6 is 0 Å². The number of methoxy groups -OCH3 is 1. The van der Waals surface area contributed by atoms with Gasteiger partial charge in [-0.05, 0) is 56.6 Å². The van der Waals surface area contributed by atoms with Crippen molar-refractivity contribution in [1.82, 2.24) is 24.9 Å². The Balaban J connectivity index is 1.44. The molecule has 3 aromatic rings. The Bertz CT molecular complexity index is 1850. The van der Waals surface area contributed by atoms with Crippen LogP contribution in [0.2, 0.25) is 0 Å². The molecule has 0 unspecified atom stereocenters. The van der Waals surface area contributed by atoms with Crippen LogP contribution in [-0.4, -0.2) is 94.9 Å². The molecule has 1 spiro atoms. The lowest BCUT2D eigenvalue weighted by Gasteiger charge is -2.54. The maximum atomic E-state index is 15.4. The number of carbonyl (C=O) groups excluding carboxylic acids is 2. The first-order valence-electron chi connectivity index (χ1n) is 16.0. The van der Waals surface area contributed by atoms with Crippen LogP contribution in [0.4, 0.5) is 36.4 Å². The fourth-order valence-electron chi connectivity index (χ4n) is 5.94. The molecule has 1 saturated carbocycles. The zero-order valence-corrected chi connectivity index (χ0v) is 28.2. The molecule has 1 aliphatic heterocycles. The SMILES string of the molecule is COCCN(C)CCOc1ccc(CN2C(=O)C(C(=O)Nc3ccc(C(F)(F)F)cc3-c3cc(C(F)F)ncn3)=C(O)C3(CCC3)N2C)c(F)c1F. The Morgan fingerprint density at radius 1 is 1.08 bits per heavy atom. The number of hydrazine groups is 1. The molecule has 1 aliphatic carbocycles. The summed E-state index contributed by atoms with van der Waals surface area (Å²) < 4.78 is 109. The van der Waals surface area contributed by atoms with E-state index >= 15 is 8.78 Å². The van der Waals surface area contributed by atoms with Crippen molar-refractivity contribution in [3.63, 3.8) is 0 Å². The molecule has 11 nitrogen and oxygen atoms in total. The first-order chi connectivity index (χ1) is 24.6. The van der Waals surface area contributed by atoms with Crippen LogP contribution in [0.1, 0.15) is 42.5 Å². The number of aliphatic hydroxyl groups excluding tert-OH is 1. The van der Waals surface area contributed by atoms with Crippen molar-refractivity contribution in [3.05, 3.63) is 82.5 Å². The van der Waals surface area contributed by atoms with Crippen molar-refractivity contribution in [2.45, 2.75) is 43.9 Å². The van der Waals surface area contributed by atoms with Gasteiger partial charge in [-0.25, -0.2) is 28.1 Å². The smallest absolute Gasteiger partial charge is 0.416 e. The van der Waals surface area contributed by atoms with Gasteiger partial charge in [0.1, 0.15) is 30.0 Å². The summed E-state index contributed by atoms with van der Waals surface area (Å²) >= 11 is 0. The number of carbonyl (C=O) groups is 2. The number of rotatable bonds is 13. The highest BCUT2D eigenvalue weighted by Crippen LogP contribution is 2.47. The lowest BCUT2D eigenvalue weighted by atomic mass is 9.72. The molecule has 2 N–H and O–H groups in total. The lowest BCUT2D eigenvalue weighted by Crippen LogP contribution is -2.65. The summed E-state index contributed by atoms with van der Waals surface area (Å²) in [6.45, 7) is 0.922. The third-order valence-electron chi connectivity index (χ3n) is 9.15. The third kappa shape index (κ3) is 7.68. The summed E-state index contributed by atoms with van der Waals surface area (Å²) in [5.74, 6) is -5.95. The van der Waals surface area contributed by atoms with E-state index in [2.05, 4.69) is 15.3 Å². The standard InChI is InChI=1S/C34H35F7N6O5/c1-45(11-13-51-3)12-14-52-25-8-5-19(27(35)28(25)36)17-47-32(50)26(29(48)33(46(47)2)9-4-10-33)31(49)44-22-7-6-20(34(39,40)41)15-21(22)23-16-24(30(37)38)43-18-42-23/h5-8,15-16,18,30,48H,4,9-14,17H2,1-3H3,(H,44,49). The van der Waals surface area contributed by atoms with E-state index in [1.54, 1.807) is 14.2 Å². The monoisotopic (exact) mass is 740 g/mol. The minimum Gasteiger partial charge on any atom is -0.509 e. The van der Waals surface area contributed by atoms with Gasteiger partial charge in [-0.1, -0.05) is 6.07 Å². The van der Waals surface area contributed by atoms with Gasteiger partial charge >= 0.3 is 6.18 Å². The van der Waals surface area contributed by atoms with E-state index in [9.17, 15) is 36.6 Å². The van der Waals surface area contributed by atoms with Gasteiger partial charge in [0.2, 0.25) is 5.82 Å². The van der Waals surface area contributed by atoms with E-state index in [0.29, 0.717) is 38.2 Å². The maximum absolute atomic E-state index is 15.4. The second kappa shape index (κ2) is 15.4. The molecule has 2 amide bonds. The summed E-state index contributed by atoms with van der Waals surface area (Å²) in [5.41, 5.74) is -5.50. The van der Waals surface area contributed by atoms with Crippen molar-refractivity contribution in [2.75, 3.05) is 52.8 Å². The maximum Gasteiger partial charge on any atom is 0.416 e. The van der Waals surface area contributed by atoms with E-state index < -0.39 is 76.3 Å². The first-order valence-corrected chi connectivity index (χ1v) is 16.0. The molecule has 52 heavy (non-hydrogen) atoms. The van der Waals surface area contributed by atoms with Crippen LogP contribution < -0.4 is 10.1 Å². The van der Waals surface area contributed by atoms with Crippen molar-refractivity contribution in [2.24, 2.45) is 0 Å². The van der Waals surface area contributed by atoms with Gasteiger partial charge in [-0.15, -0.1) is 0 Å². The number of nitrogens with one attached hydrogen (secondary N) is 1. The number of aromatic nitrogens is 2. The average molecular weight is 741 g/mol. The van der Waals surface area contributed by atoms with Crippen LogP contribution in [0.15, 0.2) is 54.1 Å². The lowest BCUT2D eigenvalue weighted by molar-refractivity contribution is -0.172. The summed E-state index contributed by atoms with van der Waals surface area (Å²) in [4.78, 5) is 36.8. The zero-order chi connectivity index (χ0) is 38.0. The van der Waals surface area contributed by atoms with Gasteiger partial charge in [0.15, 0.2) is 11.6 Å². The van der Waals surface area contributed by atoms with Crippen LogP contribution in [-0.2, 0) is 27.0 Å². The fourth-order valence-corrected chi connectivity index (χ4v) is 5.94. The van der Waals surface area contributed by atoms with Crippen LogP contribution in [0.25, 0.3) is 11.3 Å². The molecule has 0 radical (unpaired) electrons. The molecule has 0 bridgehead atoms. The number of halogens is 7. The molecule has 1 aromatic heterocycles. The van der Waals surface area contributed by atoms with E-state index in [0.717, 1.165) is 23.5 Å². The second-order valence-electron chi connectivity index (χ2n) is 12.3. The molecule has 280 valence electrons. The number of hydrogen-bond acceptors (Lipinski definition) is 9. The topological polar surface area (TPSA) is 120 Å². The zero-order valence-electron chi connectivity index (χ0n) is 28.2. The highest BCUT2D eigenvalue weighted by Gasteiger charge is 2.55. The molecular weight excluding hydrogens is 705 g/mol. The highest BCUT2D eigenvalue weighted by molar-refractivity contribution is 6.24. The number of nitrogens with zero attached hydrogens (tertiary/aromatic N) is 5. The van der Waals surface area contributed by atoms with E-state index in [1.165, 1.54) is 24.2 Å². The van der Waals surface area contributed by atoms with Crippen LogP contribution in [0.5, 0.6) is 5.75 Å². The minimum absolute atomic E-state index is 0.0413. The number of anilines is 1. The first kappa shape index (κ1) is 38.4. The quantitative estimate of drug-likeness (QED) is 0.163. The number of hydrogen-bond donors (Lipinski definition) is 2. The van der Waals surface area contributed by atoms with Gasteiger partial charge in [0.05, 0.1) is 35.6 Å². The number of likely N-dealkylation sites (N-methyl/N-ethyl adjacent to an activating group) is 2. The summed E-state index contributed by atoms with van der Waals surface area (Å²) in [6, 6.07) is 5.25. The van der Waals surface area contributed by atoms with Gasteiger partial charge in [-0.3, -0.25) is 14.6 Å². The van der Waals surface area contributed by atoms with Crippen molar-refractivity contribution in [3.8, 4) is 17.0 Å². The van der Waals surface area contributed by atoms with E-state index in [-0.39, 0.29) is 42.1 Å². The minimum atomic E-state index is -4.86. The number of ether oxygens (including phenoxy) is 2. The second-order valence-corrected chi connectivity index (χ2v) is 12.3. The predicted molar refractivity (Wildman–Crippen MR) is 172 cm³/mol. The Morgan fingerprint density at radius 2 is 1.79 bits per heavy atom. The molecule has 0 atom stereocenters. The Morgan fingerprint density at radius 3 is 2.42 bits per heavy atom. The van der Waals surface area contributed by atoms with Gasteiger partial charge in [0.25, 0.3) is 18.2 Å². The fraction of sp³-hybridized carbons (Fsp3) is 0.412. The van der Waals surface area contributed by atoms with Crippen molar-refractivity contribution >= 4 is 17.5 Å². The summed E-state index contributed by atoms with van der Waals surface area (Å²) in [5, 5.41) is 16.0. The molecule has 2 aromatic carbocycles. The molecular formula is C34H35F7N6O5. The Labute approximate surface area is 293 Å². The van der Waals surface area contributed by atoms with Crippen molar-refractivity contribution in [1.29, 1.82) is 0 Å². The normalized spacial score (nSPS) is 16.2. The van der Waals surface area contributed by atoms with Crippen molar-refractivity contribution < 1.29 is 54.9 Å². The Kier molecular flexibility index (Phi) is 11.4. The largest absolute Gasteiger partial charge is 0.509 e. The third-order valence-corrected chi connectivity index (χ3v) is 9.15. The van der Waals surface area contributed by atoms with E-state index in [1.807, 2.05) is 4.90 Å². The molecule has 5 rings (SSSR count). The molecule has 1 fully saturated rings.